The first kappa shape index (κ1) is 13.5. The first-order valence-electron chi connectivity index (χ1n) is 6.53. The summed E-state index contributed by atoms with van der Waals surface area (Å²) >= 11 is 5.83. The Balaban J connectivity index is 1.76. The zero-order valence-electron chi connectivity index (χ0n) is 11.2. The molecular formula is C16H14ClN3O. The van der Waals surface area contributed by atoms with Gasteiger partial charge in [0.15, 0.2) is 0 Å². The molecule has 0 aliphatic heterocycles. The number of benzene rings is 2. The SMILES string of the molecule is Nc1ccc2c(C(=O)NCc3ccc(Cl)cc3)c[nH]c2c1. The monoisotopic (exact) mass is 299 g/mol. The van der Waals surface area contributed by atoms with Crippen molar-refractivity contribution in [1.29, 1.82) is 0 Å². The van der Waals surface area contributed by atoms with Crippen molar-refractivity contribution in [3.63, 3.8) is 0 Å². The highest BCUT2D eigenvalue weighted by Gasteiger charge is 2.11. The fourth-order valence-corrected chi connectivity index (χ4v) is 2.34. The Labute approximate surface area is 126 Å². The normalized spacial score (nSPS) is 10.7. The van der Waals surface area contributed by atoms with Gasteiger partial charge in [-0.3, -0.25) is 4.79 Å². The number of nitrogen functional groups attached to an aromatic ring is 1. The van der Waals surface area contributed by atoms with E-state index in [0.29, 0.717) is 22.8 Å². The number of hydrogen-bond donors (Lipinski definition) is 3. The number of rotatable bonds is 3. The van der Waals surface area contributed by atoms with Crippen LogP contribution in [0.1, 0.15) is 15.9 Å². The van der Waals surface area contributed by atoms with Crippen molar-refractivity contribution in [1.82, 2.24) is 10.3 Å². The van der Waals surface area contributed by atoms with Crippen molar-refractivity contribution in [3.8, 4) is 0 Å². The topological polar surface area (TPSA) is 70.9 Å². The van der Waals surface area contributed by atoms with Gasteiger partial charge in [-0.15, -0.1) is 0 Å². The van der Waals surface area contributed by atoms with Crippen molar-refractivity contribution in [2.75, 3.05) is 5.73 Å². The molecule has 4 nitrogen and oxygen atoms in total. The maximum absolute atomic E-state index is 12.3. The molecule has 4 N–H and O–H groups in total. The van der Waals surface area contributed by atoms with Crippen LogP contribution in [0.5, 0.6) is 0 Å². The fourth-order valence-electron chi connectivity index (χ4n) is 2.21. The molecule has 0 atom stereocenters. The second kappa shape index (κ2) is 5.50. The van der Waals surface area contributed by atoms with Gasteiger partial charge in [0.05, 0.1) is 5.56 Å². The summed E-state index contributed by atoms with van der Waals surface area (Å²) in [5.74, 6) is -0.124. The van der Waals surface area contributed by atoms with Gasteiger partial charge in [-0.1, -0.05) is 23.7 Å². The van der Waals surface area contributed by atoms with Crippen LogP contribution in [-0.4, -0.2) is 10.9 Å². The maximum Gasteiger partial charge on any atom is 0.253 e. The summed E-state index contributed by atoms with van der Waals surface area (Å²) in [6.45, 7) is 0.456. The van der Waals surface area contributed by atoms with E-state index in [-0.39, 0.29) is 5.91 Å². The molecule has 0 aliphatic rings. The molecular weight excluding hydrogens is 286 g/mol. The van der Waals surface area contributed by atoms with Gasteiger partial charge in [-0.05, 0) is 35.9 Å². The van der Waals surface area contributed by atoms with Crippen molar-refractivity contribution >= 4 is 34.1 Å². The van der Waals surface area contributed by atoms with Crippen LogP contribution in [0, 0.1) is 0 Å². The predicted molar refractivity (Wildman–Crippen MR) is 85.3 cm³/mol. The molecule has 0 aliphatic carbocycles. The Morgan fingerprint density at radius 1 is 1.19 bits per heavy atom. The second-order valence-electron chi connectivity index (χ2n) is 4.82. The van der Waals surface area contributed by atoms with Crippen molar-refractivity contribution in [2.45, 2.75) is 6.54 Å². The molecule has 3 aromatic rings. The van der Waals surface area contributed by atoms with Gasteiger partial charge in [0.2, 0.25) is 0 Å². The number of halogens is 1. The zero-order chi connectivity index (χ0) is 14.8. The number of aromatic amines is 1. The van der Waals surface area contributed by atoms with Gasteiger partial charge in [0.25, 0.3) is 5.91 Å². The van der Waals surface area contributed by atoms with Gasteiger partial charge in [0.1, 0.15) is 0 Å². The molecule has 0 spiro atoms. The number of amides is 1. The number of aromatic nitrogens is 1. The average molecular weight is 300 g/mol. The van der Waals surface area contributed by atoms with Gasteiger partial charge >= 0.3 is 0 Å². The highest BCUT2D eigenvalue weighted by molar-refractivity contribution is 6.30. The molecule has 0 radical (unpaired) electrons. The summed E-state index contributed by atoms with van der Waals surface area (Å²) in [4.78, 5) is 15.3. The number of hydrogen-bond acceptors (Lipinski definition) is 2. The number of nitrogens with two attached hydrogens (primary N) is 1. The van der Waals surface area contributed by atoms with Crippen molar-refractivity contribution in [2.24, 2.45) is 0 Å². The molecule has 1 heterocycles. The highest BCUT2D eigenvalue weighted by atomic mass is 35.5. The molecule has 1 amide bonds. The van der Waals surface area contributed by atoms with E-state index in [9.17, 15) is 4.79 Å². The second-order valence-corrected chi connectivity index (χ2v) is 5.25. The summed E-state index contributed by atoms with van der Waals surface area (Å²) in [6, 6.07) is 12.8. The summed E-state index contributed by atoms with van der Waals surface area (Å²) in [6.07, 6.45) is 1.70. The lowest BCUT2D eigenvalue weighted by Gasteiger charge is -2.05. The van der Waals surface area contributed by atoms with Crippen LogP contribution in [0.25, 0.3) is 10.9 Å². The lowest BCUT2D eigenvalue weighted by molar-refractivity contribution is 0.0952. The molecule has 106 valence electrons. The fraction of sp³-hybridized carbons (Fsp3) is 0.0625. The third kappa shape index (κ3) is 2.85. The molecule has 1 aromatic heterocycles. The summed E-state index contributed by atoms with van der Waals surface area (Å²) < 4.78 is 0. The molecule has 0 saturated carbocycles. The smallest absolute Gasteiger partial charge is 0.253 e. The Morgan fingerprint density at radius 2 is 1.95 bits per heavy atom. The van der Waals surface area contributed by atoms with E-state index in [4.69, 9.17) is 17.3 Å². The van der Waals surface area contributed by atoms with Crippen LogP contribution in [0.3, 0.4) is 0 Å². The zero-order valence-corrected chi connectivity index (χ0v) is 11.9. The minimum absolute atomic E-state index is 0.124. The largest absolute Gasteiger partial charge is 0.399 e. The van der Waals surface area contributed by atoms with Gasteiger partial charge in [-0.2, -0.15) is 0 Å². The number of H-pyrrole nitrogens is 1. The lowest BCUT2D eigenvalue weighted by Crippen LogP contribution is -2.22. The molecule has 3 rings (SSSR count). The van der Waals surface area contributed by atoms with Crippen LogP contribution in [-0.2, 0) is 6.54 Å². The standard InChI is InChI=1S/C16H14ClN3O/c17-11-3-1-10(2-4-11)8-20-16(21)14-9-19-15-7-12(18)5-6-13(14)15/h1-7,9,19H,8,18H2,(H,20,21). The first-order valence-corrected chi connectivity index (χ1v) is 6.90. The van der Waals surface area contributed by atoms with Crippen LogP contribution < -0.4 is 11.1 Å². The minimum Gasteiger partial charge on any atom is -0.399 e. The Hall–Kier alpha value is -2.46. The van der Waals surface area contributed by atoms with Crippen molar-refractivity contribution in [3.05, 3.63) is 64.8 Å². The van der Waals surface area contributed by atoms with Crippen molar-refractivity contribution < 1.29 is 4.79 Å². The van der Waals surface area contributed by atoms with Crippen LogP contribution in [0.2, 0.25) is 5.02 Å². The quantitative estimate of drug-likeness (QED) is 0.649. The third-order valence-electron chi connectivity index (χ3n) is 3.32. The molecule has 2 aromatic carbocycles. The summed E-state index contributed by atoms with van der Waals surface area (Å²) in [5, 5.41) is 4.43. The number of fused-ring (bicyclic) bond motifs is 1. The molecule has 5 heteroatoms. The van der Waals surface area contributed by atoms with Crippen LogP contribution in [0.15, 0.2) is 48.7 Å². The first-order chi connectivity index (χ1) is 10.1. The predicted octanol–water partition coefficient (Wildman–Crippen LogP) is 3.33. The summed E-state index contributed by atoms with van der Waals surface area (Å²) in [7, 11) is 0. The Morgan fingerprint density at radius 3 is 2.71 bits per heavy atom. The van der Waals surface area contributed by atoms with E-state index in [1.165, 1.54) is 0 Å². The van der Waals surface area contributed by atoms with E-state index >= 15 is 0 Å². The molecule has 0 fully saturated rings. The van der Waals surface area contributed by atoms with E-state index in [1.54, 1.807) is 24.4 Å². The number of carbonyl (C=O) groups excluding carboxylic acids is 1. The number of carbonyl (C=O) groups is 1. The highest BCUT2D eigenvalue weighted by Crippen LogP contribution is 2.20. The van der Waals surface area contributed by atoms with Crippen LogP contribution in [0.4, 0.5) is 5.69 Å². The third-order valence-corrected chi connectivity index (χ3v) is 3.57. The van der Waals surface area contributed by atoms with Crippen LogP contribution >= 0.6 is 11.6 Å². The number of nitrogens with one attached hydrogen (secondary N) is 2. The average Bonchev–Trinajstić information content (AvgIpc) is 2.89. The van der Waals surface area contributed by atoms with E-state index in [0.717, 1.165) is 16.5 Å². The van der Waals surface area contributed by atoms with Gasteiger partial charge in [0, 0.05) is 34.4 Å². The Bertz CT molecular complexity index is 793. The molecule has 0 bridgehead atoms. The van der Waals surface area contributed by atoms with E-state index in [1.807, 2.05) is 24.3 Å². The number of anilines is 1. The van der Waals surface area contributed by atoms with Gasteiger partial charge < -0.3 is 16.0 Å². The molecule has 21 heavy (non-hydrogen) atoms. The summed E-state index contributed by atoms with van der Waals surface area (Å²) in [5.41, 5.74) is 8.85. The van der Waals surface area contributed by atoms with E-state index < -0.39 is 0 Å². The lowest BCUT2D eigenvalue weighted by atomic mass is 10.1. The molecule has 0 saturated heterocycles. The maximum atomic E-state index is 12.3. The minimum atomic E-state index is -0.124. The Kier molecular flexibility index (Phi) is 3.54. The van der Waals surface area contributed by atoms with Gasteiger partial charge in [-0.25, -0.2) is 0 Å². The molecule has 0 unspecified atom stereocenters. The van der Waals surface area contributed by atoms with E-state index in [2.05, 4.69) is 10.3 Å².